The predicted molar refractivity (Wildman–Crippen MR) is 250 cm³/mol. The zero-order valence-electron chi connectivity index (χ0n) is 38.5. The van der Waals surface area contributed by atoms with Crippen molar-refractivity contribution in [1.82, 2.24) is 5.32 Å². The van der Waals surface area contributed by atoms with Gasteiger partial charge < -0.3 is 20.3 Å². The highest BCUT2D eigenvalue weighted by Crippen LogP contribution is 2.15. The van der Waals surface area contributed by atoms with E-state index in [-0.39, 0.29) is 18.5 Å². The summed E-state index contributed by atoms with van der Waals surface area (Å²) in [6.07, 6.45) is 56.8. The van der Waals surface area contributed by atoms with E-state index >= 15 is 0 Å². The van der Waals surface area contributed by atoms with Crippen molar-refractivity contribution in [2.24, 2.45) is 0 Å². The molecule has 0 aliphatic rings. The molecule has 58 heavy (non-hydrogen) atoms. The standard InChI is InChI=1S/C52H97NO5/c1-3-5-7-9-11-13-15-16-17-18-19-20-21-26-30-34-38-42-46-52(57)58-47-43-39-35-31-27-23-22-25-29-33-37-41-45-51(56)53-49(48-54)50(55)44-40-36-32-28-24-14-12-10-8-6-4-2/h13,15,17-18,23,27,49-50,54-55H,3-12,14,16,19-22,24-26,28-48H2,1-2H3,(H,53,56)/b15-13-,18-17-,27-23-. The van der Waals surface area contributed by atoms with Gasteiger partial charge >= 0.3 is 5.97 Å². The average Bonchev–Trinajstić information content (AvgIpc) is 3.22. The Kier molecular flexibility index (Phi) is 46.2. The Balaban J connectivity index is 3.50. The first-order valence-corrected chi connectivity index (χ1v) is 25.2. The molecule has 0 aromatic rings. The normalized spacial score (nSPS) is 13.0. The molecule has 6 nitrogen and oxygen atoms in total. The Hall–Kier alpha value is -1.92. The van der Waals surface area contributed by atoms with Crippen molar-refractivity contribution in [2.45, 2.75) is 270 Å². The Morgan fingerprint density at radius 1 is 0.483 bits per heavy atom. The molecule has 2 unspecified atom stereocenters. The Morgan fingerprint density at radius 2 is 0.862 bits per heavy atom. The first kappa shape index (κ1) is 56.1. The monoisotopic (exact) mass is 816 g/mol. The summed E-state index contributed by atoms with van der Waals surface area (Å²) in [5, 5.41) is 23.1. The zero-order valence-corrected chi connectivity index (χ0v) is 38.5. The van der Waals surface area contributed by atoms with Crippen molar-refractivity contribution in [3.8, 4) is 0 Å². The van der Waals surface area contributed by atoms with Crippen LogP contribution in [-0.4, -0.2) is 47.4 Å². The molecule has 1 amide bonds. The number of aliphatic hydroxyl groups excluding tert-OH is 2. The number of ether oxygens (including phenoxy) is 1. The molecule has 0 aromatic heterocycles. The second-order valence-corrected chi connectivity index (χ2v) is 17.1. The maximum atomic E-state index is 12.4. The van der Waals surface area contributed by atoms with Crippen LogP contribution in [0.1, 0.15) is 258 Å². The van der Waals surface area contributed by atoms with Gasteiger partial charge in [-0.05, 0) is 89.9 Å². The number of hydrogen-bond donors (Lipinski definition) is 3. The fourth-order valence-corrected chi connectivity index (χ4v) is 7.49. The van der Waals surface area contributed by atoms with E-state index in [1.54, 1.807) is 0 Å². The Bertz CT molecular complexity index is 946. The summed E-state index contributed by atoms with van der Waals surface area (Å²) < 4.78 is 5.45. The van der Waals surface area contributed by atoms with Crippen LogP contribution in [0.15, 0.2) is 36.5 Å². The van der Waals surface area contributed by atoms with Crippen LogP contribution in [0.25, 0.3) is 0 Å². The molecule has 0 spiro atoms. The van der Waals surface area contributed by atoms with Crippen LogP contribution in [0, 0.1) is 0 Å². The number of carbonyl (C=O) groups excluding carboxylic acids is 2. The maximum absolute atomic E-state index is 12.4. The van der Waals surface area contributed by atoms with Crippen LogP contribution in [0.4, 0.5) is 0 Å². The van der Waals surface area contributed by atoms with Crippen LogP contribution in [0.2, 0.25) is 0 Å². The third kappa shape index (κ3) is 43.7. The summed E-state index contributed by atoms with van der Waals surface area (Å²) in [5.41, 5.74) is 0. The van der Waals surface area contributed by atoms with Crippen LogP contribution >= 0.6 is 0 Å². The SMILES string of the molecule is CCCCCC/C=C\C/C=C\CCCCCCCCCC(=O)OCCCCC/C=C\CCCCCCCC(=O)NC(CO)C(O)CCCCCCCCCCCCC. The summed E-state index contributed by atoms with van der Waals surface area (Å²) in [6, 6.07) is -0.559. The Morgan fingerprint density at radius 3 is 1.34 bits per heavy atom. The summed E-state index contributed by atoms with van der Waals surface area (Å²) in [7, 11) is 0. The van der Waals surface area contributed by atoms with Gasteiger partial charge in [-0.1, -0.05) is 192 Å². The maximum Gasteiger partial charge on any atom is 0.305 e. The molecule has 0 aliphatic carbocycles. The molecule has 0 rings (SSSR count). The second kappa shape index (κ2) is 47.8. The highest BCUT2D eigenvalue weighted by atomic mass is 16.5. The lowest BCUT2D eigenvalue weighted by Crippen LogP contribution is -2.45. The lowest BCUT2D eigenvalue weighted by Gasteiger charge is -2.22. The number of nitrogens with one attached hydrogen (secondary N) is 1. The van der Waals surface area contributed by atoms with E-state index in [9.17, 15) is 19.8 Å². The number of allylic oxidation sites excluding steroid dienone is 6. The minimum Gasteiger partial charge on any atom is -0.466 e. The van der Waals surface area contributed by atoms with Gasteiger partial charge in [0.05, 0.1) is 25.4 Å². The third-order valence-electron chi connectivity index (χ3n) is 11.4. The summed E-state index contributed by atoms with van der Waals surface area (Å²) in [4.78, 5) is 24.4. The molecule has 0 saturated heterocycles. The number of amides is 1. The molecule has 0 fully saturated rings. The molecule has 6 heteroatoms. The molecule has 0 aliphatic heterocycles. The number of carbonyl (C=O) groups is 2. The molecular weight excluding hydrogens is 719 g/mol. The largest absolute Gasteiger partial charge is 0.466 e. The first-order valence-electron chi connectivity index (χ1n) is 25.2. The molecule has 340 valence electrons. The molecule has 3 N–H and O–H groups in total. The van der Waals surface area contributed by atoms with Crippen molar-refractivity contribution < 1.29 is 24.5 Å². The highest BCUT2D eigenvalue weighted by molar-refractivity contribution is 5.76. The molecular formula is C52H97NO5. The molecule has 0 saturated carbocycles. The van der Waals surface area contributed by atoms with E-state index < -0.39 is 12.1 Å². The van der Waals surface area contributed by atoms with Crippen LogP contribution in [0.3, 0.4) is 0 Å². The summed E-state index contributed by atoms with van der Waals surface area (Å²) in [5.74, 6) is -0.0943. The van der Waals surface area contributed by atoms with Crippen LogP contribution in [0.5, 0.6) is 0 Å². The minimum atomic E-state index is -0.679. The van der Waals surface area contributed by atoms with Crippen molar-refractivity contribution in [2.75, 3.05) is 13.2 Å². The zero-order chi connectivity index (χ0) is 42.3. The third-order valence-corrected chi connectivity index (χ3v) is 11.4. The van der Waals surface area contributed by atoms with Gasteiger partial charge in [0, 0.05) is 12.8 Å². The van der Waals surface area contributed by atoms with Gasteiger partial charge in [0.25, 0.3) is 0 Å². The molecule has 0 aromatic carbocycles. The van der Waals surface area contributed by atoms with E-state index in [1.807, 2.05) is 0 Å². The molecule has 0 radical (unpaired) electrons. The first-order chi connectivity index (χ1) is 28.5. The minimum absolute atomic E-state index is 0.0309. The van der Waals surface area contributed by atoms with Gasteiger partial charge in [-0.2, -0.15) is 0 Å². The van der Waals surface area contributed by atoms with Crippen LogP contribution < -0.4 is 5.32 Å². The smallest absolute Gasteiger partial charge is 0.305 e. The number of esters is 1. The second-order valence-electron chi connectivity index (χ2n) is 17.1. The molecule has 2 atom stereocenters. The fraction of sp³-hybridized carbons (Fsp3) is 0.846. The van der Waals surface area contributed by atoms with E-state index in [0.717, 1.165) is 83.5 Å². The quantitative estimate of drug-likeness (QED) is 0.0323. The van der Waals surface area contributed by atoms with Gasteiger partial charge in [-0.15, -0.1) is 0 Å². The van der Waals surface area contributed by atoms with Crippen molar-refractivity contribution >= 4 is 11.9 Å². The van der Waals surface area contributed by atoms with Crippen molar-refractivity contribution in [1.29, 1.82) is 0 Å². The molecule has 0 bridgehead atoms. The van der Waals surface area contributed by atoms with Crippen LogP contribution in [-0.2, 0) is 14.3 Å². The lowest BCUT2D eigenvalue weighted by atomic mass is 10.0. The van der Waals surface area contributed by atoms with Gasteiger partial charge in [0.1, 0.15) is 0 Å². The van der Waals surface area contributed by atoms with E-state index in [0.29, 0.717) is 25.9 Å². The van der Waals surface area contributed by atoms with Gasteiger partial charge in [0.2, 0.25) is 5.91 Å². The average molecular weight is 816 g/mol. The van der Waals surface area contributed by atoms with Gasteiger partial charge in [0.15, 0.2) is 0 Å². The van der Waals surface area contributed by atoms with Gasteiger partial charge in [-0.3, -0.25) is 9.59 Å². The van der Waals surface area contributed by atoms with Crippen molar-refractivity contribution in [3.63, 3.8) is 0 Å². The lowest BCUT2D eigenvalue weighted by molar-refractivity contribution is -0.143. The number of aliphatic hydroxyl groups is 2. The summed E-state index contributed by atoms with van der Waals surface area (Å²) in [6.45, 7) is 4.85. The van der Waals surface area contributed by atoms with Gasteiger partial charge in [-0.25, -0.2) is 0 Å². The fourth-order valence-electron chi connectivity index (χ4n) is 7.49. The topological polar surface area (TPSA) is 95.9 Å². The van der Waals surface area contributed by atoms with E-state index in [1.165, 1.54) is 141 Å². The number of rotatable bonds is 46. The van der Waals surface area contributed by atoms with E-state index in [4.69, 9.17) is 4.74 Å². The number of unbranched alkanes of at least 4 members (excludes halogenated alkanes) is 29. The predicted octanol–water partition coefficient (Wildman–Crippen LogP) is 14.9. The highest BCUT2D eigenvalue weighted by Gasteiger charge is 2.20. The summed E-state index contributed by atoms with van der Waals surface area (Å²) >= 11 is 0. The molecule has 0 heterocycles. The number of hydrogen-bond acceptors (Lipinski definition) is 5. The van der Waals surface area contributed by atoms with Crippen molar-refractivity contribution in [3.05, 3.63) is 36.5 Å². The van der Waals surface area contributed by atoms with E-state index in [2.05, 4.69) is 55.6 Å². The Labute approximate surface area is 360 Å².